The van der Waals surface area contributed by atoms with Crippen LogP contribution in [0.1, 0.15) is 44.3 Å². The van der Waals surface area contributed by atoms with Crippen LogP contribution in [0, 0.1) is 17.8 Å². The molecule has 1 aromatic heterocycles. The lowest BCUT2D eigenvalue weighted by Crippen LogP contribution is -2.49. The Morgan fingerprint density at radius 3 is 2.22 bits per heavy atom. The summed E-state index contributed by atoms with van der Waals surface area (Å²) in [5.41, 5.74) is 0.157. The Morgan fingerprint density at radius 1 is 1.17 bits per heavy atom. The minimum absolute atomic E-state index is 0.0317. The van der Waals surface area contributed by atoms with E-state index >= 15 is 0 Å². The number of halogens is 1. The van der Waals surface area contributed by atoms with E-state index in [0.717, 1.165) is 23.6 Å². The smallest absolute Gasteiger partial charge is 0.265 e. The first-order chi connectivity index (χ1) is 8.64. The van der Waals surface area contributed by atoms with Gasteiger partial charge < -0.3 is 4.98 Å². The zero-order chi connectivity index (χ0) is 12.3. The third kappa shape index (κ3) is 1.54. The molecular formula is C14H17BrN2O. The number of rotatable bonds is 1. The molecule has 0 radical (unpaired) electrons. The van der Waals surface area contributed by atoms with Crippen molar-refractivity contribution in [2.24, 2.45) is 17.8 Å². The van der Waals surface area contributed by atoms with Crippen LogP contribution in [0.4, 0.5) is 0 Å². The number of H-pyrrole nitrogens is 1. The van der Waals surface area contributed by atoms with Gasteiger partial charge in [0.05, 0.1) is 0 Å². The molecule has 18 heavy (non-hydrogen) atoms. The number of nitrogens with zero attached hydrogens (tertiary/aromatic N) is 1. The molecule has 1 heterocycles. The number of aromatic amines is 1. The molecule has 0 spiro atoms. The van der Waals surface area contributed by atoms with E-state index in [1.54, 1.807) is 6.20 Å². The lowest BCUT2D eigenvalue weighted by atomic mass is 9.49. The van der Waals surface area contributed by atoms with E-state index in [-0.39, 0.29) is 11.0 Å². The van der Waals surface area contributed by atoms with Crippen LogP contribution in [0.15, 0.2) is 15.5 Å². The van der Waals surface area contributed by atoms with Gasteiger partial charge in [-0.1, -0.05) is 0 Å². The summed E-state index contributed by atoms with van der Waals surface area (Å²) in [6, 6.07) is 0. The summed E-state index contributed by atoms with van der Waals surface area (Å²) in [7, 11) is 0. The Kier molecular flexibility index (Phi) is 2.30. The first kappa shape index (κ1) is 11.2. The number of hydrogen-bond donors (Lipinski definition) is 1. The van der Waals surface area contributed by atoms with E-state index in [2.05, 4.69) is 25.9 Å². The largest absolute Gasteiger partial charge is 0.309 e. The second-order valence-electron chi connectivity index (χ2n) is 6.61. The van der Waals surface area contributed by atoms with Crippen LogP contribution >= 0.6 is 15.9 Å². The Morgan fingerprint density at radius 2 is 1.72 bits per heavy atom. The molecule has 4 bridgehead atoms. The maximum absolute atomic E-state index is 11.8. The molecule has 0 unspecified atom stereocenters. The summed E-state index contributed by atoms with van der Waals surface area (Å²) in [6.45, 7) is 0. The van der Waals surface area contributed by atoms with Crippen molar-refractivity contribution >= 4 is 15.9 Å². The molecule has 4 aliphatic carbocycles. The highest BCUT2D eigenvalue weighted by Crippen LogP contribution is 2.59. The van der Waals surface area contributed by atoms with Crippen LogP contribution in [0.5, 0.6) is 0 Å². The van der Waals surface area contributed by atoms with Crippen molar-refractivity contribution in [3.63, 3.8) is 0 Å². The Bertz CT molecular complexity index is 516. The quantitative estimate of drug-likeness (QED) is 0.867. The monoisotopic (exact) mass is 308 g/mol. The van der Waals surface area contributed by atoms with Crippen LogP contribution in [0.25, 0.3) is 0 Å². The Labute approximate surface area is 115 Å². The fourth-order valence-electron chi connectivity index (χ4n) is 5.05. The van der Waals surface area contributed by atoms with Crippen molar-refractivity contribution in [2.45, 2.75) is 43.9 Å². The summed E-state index contributed by atoms with van der Waals surface area (Å²) in [5, 5.41) is 0. The van der Waals surface area contributed by atoms with Gasteiger partial charge in [-0.05, 0) is 72.2 Å². The molecule has 1 aromatic rings. The summed E-state index contributed by atoms with van der Waals surface area (Å²) >= 11 is 3.23. The van der Waals surface area contributed by atoms with Crippen molar-refractivity contribution in [3.05, 3.63) is 26.8 Å². The molecule has 1 N–H and O–H groups in total. The van der Waals surface area contributed by atoms with Crippen molar-refractivity contribution in [2.75, 3.05) is 0 Å². The van der Waals surface area contributed by atoms with E-state index in [1.165, 1.54) is 38.5 Å². The maximum atomic E-state index is 11.8. The SMILES string of the molecule is O=c1[nH]c(C23CC4CC(CC(C4)C2)C3)ncc1Br. The molecule has 3 nitrogen and oxygen atoms in total. The average Bonchev–Trinajstić information content (AvgIpc) is 2.31. The zero-order valence-corrected chi connectivity index (χ0v) is 11.9. The van der Waals surface area contributed by atoms with Gasteiger partial charge in [-0.3, -0.25) is 4.79 Å². The van der Waals surface area contributed by atoms with Gasteiger partial charge in [-0.2, -0.15) is 0 Å². The highest BCUT2D eigenvalue weighted by Gasteiger charge is 2.52. The van der Waals surface area contributed by atoms with E-state index in [4.69, 9.17) is 0 Å². The second kappa shape index (κ2) is 3.69. The van der Waals surface area contributed by atoms with Gasteiger partial charge in [-0.15, -0.1) is 0 Å². The van der Waals surface area contributed by atoms with Crippen molar-refractivity contribution < 1.29 is 0 Å². The van der Waals surface area contributed by atoms with Gasteiger partial charge in [-0.25, -0.2) is 4.98 Å². The predicted molar refractivity (Wildman–Crippen MR) is 72.4 cm³/mol. The van der Waals surface area contributed by atoms with E-state index in [0.29, 0.717) is 4.47 Å². The first-order valence-corrected chi connectivity index (χ1v) is 7.69. The summed E-state index contributed by atoms with van der Waals surface area (Å²) < 4.78 is 0.538. The van der Waals surface area contributed by atoms with Gasteiger partial charge >= 0.3 is 0 Å². The molecule has 96 valence electrons. The Balaban J connectivity index is 1.79. The van der Waals surface area contributed by atoms with Crippen molar-refractivity contribution in [1.29, 1.82) is 0 Å². The molecule has 0 saturated heterocycles. The molecule has 0 aromatic carbocycles. The lowest BCUT2D eigenvalue weighted by Gasteiger charge is -2.56. The molecule has 4 fully saturated rings. The van der Waals surface area contributed by atoms with Crippen molar-refractivity contribution in [3.8, 4) is 0 Å². The number of aromatic nitrogens is 2. The van der Waals surface area contributed by atoms with Gasteiger partial charge in [0, 0.05) is 11.6 Å². The standard InChI is InChI=1S/C14H17BrN2O/c15-11-7-16-13(17-12(11)18)14-4-8-1-9(5-14)3-10(2-8)6-14/h7-10H,1-6H2,(H,16,17,18). The van der Waals surface area contributed by atoms with Gasteiger partial charge in [0.25, 0.3) is 5.56 Å². The van der Waals surface area contributed by atoms with Crippen LogP contribution in [-0.2, 0) is 5.41 Å². The van der Waals surface area contributed by atoms with E-state index in [1.807, 2.05) is 0 Å². The maximum Gasteiger partial charge on any atom is 0.265 e. The molecule has 4 heteroatoms. The fraction of sp³-hybridized carbons (Fsp3) is 0.714. The molecule has 0 atom stereocenters. The summed E-state index contributed by atoms with van der Waals surface area (Å²) in [4.78, 5) is 19.3. The zero-order valence-electron chi connectivity index (χ0n) is 10.3. The molecule has 4 saturated carbocycles. The van der Waals surface area contributed by atoms with Gasteiger partial charge in [0.1, 0.15) is 10.3 Å². The topological polar surface area (TPSA) is 45.8 Å². The van der Waals surface area contributed by atoms with E-state index in [9.17, 15) is 4.79 Å². The van der Waals surface area contributed by atoms with Crippen molar-refractivity contribution in [1.82, 2.24) is 9.97 Å². The minimum atomic E-state index is -0.0317. The van der Waals surface area contributed by atoms with Crippen LogP contribution in [0.3, 0.4) is 0 Å². The molecule has 0 amide bonds. The van der Waals surface area contributed by atoms with Crippen LogP contribution in [-0.4, -0.2) is 9.97 Å². The average molecular weight is 309 g/mol. The third-order valence-electron chi connectivity index (χ3n) is 5.30. The normalized spacial score (nSPS) is 41.3. The van der Waals surface area contributed by atoms with Crippen LogP contribution in [0.2, 0.25) is 0 Å². The molecular weight excluding hydrogens is 292 g/mol. The Hall–Kier alpha value is -0.640. The predicted octanol–water partition coefficient (Wildman–Crippen LogP) is 3.00. The van der Waals surface area contributed by atoms with Crippen LogP contribution < -0.4 is 5.56 Å². The van der Waals surface area contributed by atoms with E-state index < -0.39 is 0 Å². The number of nitrogens with one attached hydrogen (secondary N) is 1. The highest BCUT2D eigenvalue weighted by molar-refractivity contribution is 9.10. The lowest BCUT2D eigenvalue weighted by molar-refractivity contribution is -0.00953. The minimum Gasteiger partial charge on any atom is -0.309 e. The fourth-order valence-corrected chi connectivity index (χ4v) is 5.25. The summed E-state index contributed by atoms with van der Waals surface area (Å²) in [5.74, 6) is 3.59. The summed E-state index contributed by atoms with van der Waals surface area (Å²) in [6.07, 6.45) is 9.64. The number of hydrogen-bond acceptors (Lipinski definition) is 2. The van der Waals surface area contributed by atoms with Gasteiger partial charge in [0.15, 0.2) is 0 Å². The highest BCUT2D eigenvalue weighted by atomic mass is 79.9. The molecule has 4 aliphatic rings. The second-order valence-corrected chi connectivity index (χ2v) is 7.46. The third-order valence-corrected chi connectivity index (χ3v) is 5.86. The van der Waals surface area contributed by atoms with Gasteiger partial charge in [0.2, 0.25) is 0 Å². The molecule has 0 aliphatic heterocycles. The molecule has 5 rings (SSSR count). The first-order valence-electron chi connectivity index (χ1n) is 6.90.